The Balaban J connectivity index is 1.83. The second-order valence-electron chi connectivity index (χ2n) is 7.24. The molecule has 0 aromatic heterocycles. The normalized spacial score (nSPS) is 28.8. The Kier molecular flexibility index (Phi) is 5.83. The molecule has 5 heteroatoms. The van der Waals surface area contributed by atoms with Crippen LogP contribution in [0.4, 0.5) is 4.79 Å². The first-order valence-electron chi connectivity index (χ1n) is 8.14. The molecule has 2 heterocycles. The van der Waals surface area contributed by atoms with Crippen LogP contribution in [-0.4, -0.2) is 53.3 Å². The molecule has 0 spiro atoms. The first-order valence-corrected chi connectivity index (χ1v) is 9.53. The van der Waals surface area contributed by atoms with Crippen LogP contribution in [-0.2, 0) is 4.74 Å². The van der Waals surface area contributed by atoms with Crippen LogP contribution in [0.15, 0.2) is 0 Å². The van der Waals surface area contributed by atoms with Gasteiger partial charge in [0.05, 0.1) is 0 Å². The Hall–Kier alpha value is -0.420. The molecule has 2 saturated heterocycles. The maximum Gasteiger partial charge on any atom is 0.410 e. The van der Waals surface area contributed by atoms with Gasteiger partial charge in [-0.2, -0.15) is 11.8 Å². The Morgan fingerprint density at radius 3 is 2.43 bits per heavy atom. The molecule has 2 rings (SSSR count). The topological polar surface area (TPSA) is 41.6 Å². The predicted octanol–water partition coefficient (Wildman–Crippen LogP) is 3.26. The second-order valence-corrected chi connectivity index (χ2v) is 8.23. The lowest BCUT2D eigenvalue weighted by Gasteiger charge is -2.39. The summed E-state index contributed by atoms with van der Waals surface area (Å²) in [4.78, 5) is 14.4. The number of ether oxygens (including phenoxy) is 1. The number of fused-ring (bicyclic) bond motifs is 2. The number of rotatable bonds is 5. The SMILES string of the molecule is CSCCCNC1CC2CCC(C1)N2C(=O)OC(C)(C)C. The Morgan fingerprint density at radius 1 is 1.29 bits per heavy atom. The molecule has 2 aliphatic rings. The van der Waals surface area contributed by atoms with Gasteiger partial charge in [0.25, 0.3) is 0 Å². The van der Waals surface area contributed by atoms with E-state index >= 15 is 0 Å². The molecule has 0 aromatic rings. The molecular weight excluding hydrogens is 284 g/mol. The van der Waals surface area contributed by atoms with E-state index in [2.05, 4.69) is 11.6 Å². The van der Waals surface area contributed by atoms with Gasteiger partial charge in [-0.15, -0.1) is 0 Å². The van der Waals surface area contributed by atoms with Crippen LogP contribution in [0, 0.1) is 0 Å². The third-order valence-corrected chi connectivity index (χ3v) is 4.99. The summed E-state index contributed by atoms with van der Waals surface area (Å²) in [6.45, 7) is 6.91. The number of piperidine rings is 1. The largest absolute Gasteiger partial charge is 0.444 e. The minimum Gasteiger partial charge on any atom is -0.444 e. The second kappa shape index (κ2) is 7.23. The fourth-order valence-electron chi connectivity index (χ4n) is 3.48. The van der Waals surface area contributed by atoms with Crippen molar-refractivity contribution in [3.05, 3.63) is 0 Å². The summed E-state index contributed by atoms with van der Waals surface area (Å²) in [6.07, 6.45) is 7.68. The molecule has 0 aromatic carbocycles. The van der Waals surface area contributed by atoms with E-state index in [0.717, 1.165) is 32.2 Å². The number of nitrogens with zero attached hydrogens (tertiary/aromatic N) is 1. The van der Waals surface area contributed by atoms with Gasteiger partial charge in [-0.3, -0.25) is 0 Å². The van der Waals surface area contributed by atoms with Crippen LogP contribution in [0.25, 0.3) is 0 Å². The monoisotopic (exact) mass is 314 g/mol. The van der Waals surface area contributed by atoms with Crippen LogP contribution in [0.3, 0.4) is 0 Å². The molecule has 0 aliphatic carbocycles. The van der Waals surface area contributed by atoms with Crippen LogP contribution in [0.2, 0.25) is 0 Å². The van der Waals surface area contributed by atoms with Crippen molar-refractivity contribution in [2.75, 3.05) is 18.6 Å². The molecular formula is C16H30N2O2S. The van der Waals surface area contributed by atoms with Gasteiger partial charge in [0.15, 0.2) is 0 Å². The first-order chi connectivity index (χ1) is 9.90. The molecule has 2 atom stereocenters. The minimum absolute atomic E-state index is 0.115. The molecule has 0 radical (unpaired) electrons. The maximum absolute atomic E-state index is 12.4. The summed E-state index contributed by atoms with van der Waals surface area (Å²) in [6, 6.07) is 1.32. The highest BCUT2D eigenvalue weighted by Gasteiger charge is 2.44. The number of carbonyl (C=O) groups excluding carboxylic acids is 1. The van der Waals surface area contributed by atoms with Crippen molar-refractivity contribution in [1.82, 2.24) is 10.2 Å². The quantitative estimate of drug-likeness (QED) is 0.791. The zero-order valence-corrected chi connectivity index (χ0v) is 14.7. The highest BCUT2D eigenvalue weighted by molar-refractivity contribution is 7.98. The lowest BCUT2D eigenvalue weighted by atomic mass is 9.97. The number of hydrogen-bond acceptors (Lipinski definition) is 4. The predicted molar refractivity (Wildman–Crippen MR) is 88.9 cm³/mol. The average Bonchev–Trinajstić information content (AvgIpc) is 2.65. The third-order valence-electron chi connectivity index (χ3n) is 4.30. The molecule has 2 fully saturated rings. The van der Waals surface area contributed by atoms with Crippen molar-refractivity contribution in [1.29, 1.82) is 0 Å². The lowest BCUT2D eigenvalue weighted by molar-refractivity contribution is 0.00476. The van der Waals surface area contributed by atoms with Gasteiger partial charge in [-0.05, 0) is 71.4 Å². The molecule has 2 aliphatic heterocycles. The Labute approximate surface area is 133 Å². The number of hydrogen-bond donors (Lipinski definition) is 1. The van der Waals surface area contributed by atoms with Gasteiger partial charge >= 0.3 is 6.09 Å². The van der Waals surface area contributed by atoms with Crippen molar-refractivity contribution >= 4 is 17.9 Å². The van der Waals surface area contributed by atoms with Crippen molar-refractivity contribution in [3.63, 3.8) is 0 Å². The van der Waals surface area contributed by atoms with Crippen LogP contribution in [0.5, 0.6) is 0 Å². The van der Waals surface area contributed by atoms with E-state index in [9.17, 15) is 4.79 Å². The summed E-state index contributed by atoms with van der Waals surface area (Å²) in [5.74, 6) is 1.22. The van der Waals surface area contributed by atoms with Gasteiger partial charge in [0.2, 0.25) is 0 Å². The molecule has 1 N–H and O–H groups in total. The molecule has 122 valence electrons. The van der Waals surface area contributed by atoms with E-state index in [1.807, 2.05) is 37.4 Å². The average molecular weight is 314 g/mol. The van der Waals surface area contributed by atoms with E-state index in [4.69, 9.17) is 4.74 Å². The Morgan fingerprint density at radius 2 is 1.90 bits per heavy atom. The number of nitrogens with one attached hydrogen (secondary N) is 1. The summed E-state index contributed by atoms with van der Waals surface area (Å²) < 4.78 is 5.57. The summed E-state index contributed by atoms with van der Waals surface area (Å²) in [7, 11) is 0. The van der Waals surface area contributed by atoms with E-state index in [1.54, 1.807) is 0 Å². The highest BCUT2D eigenvalue weighted by atomic mass is 32.2. The van der Waals surface area contributed by atoms with Crippen molar-refractivity contribution in [2.45, 2.75) is 76.6 Å². The van der Waals surface area contributed by atoms with Crippen LogP contribution >= 0.6 is 11.8 Å². The molecule has 2 unspecified atom stereocenters. The van der Waals surface area contributed by atoms with Gasteiger partial charge in [0.1, 0.15) is 5.60 Å². The van der Waals surface area contributed by atoms with Crippen LogP contribution in [0.1, 0.15) is 52.9 Å². The number of carbonyl (C=O) groups is 1. The number of thioether (sulfide) groups is 1. The van der Waals surface area contributed by atoms with E-state index < -0.39 is 5.60 Å². The first kappa shape index (κ1) is 16.9. The molecule has 21 heavy (non-hydrogen) atoms. The van der Waals surface area contributed by atoms with E-state index in [0.29, 0.717) is 18.1 Å². The van der Waals surface area contributed by atoms with Crippen molar-refractivity contribution in [2.24, 2.45) is 0 Å². The zero-order valence-electron chi connectivity index (χ0n) is 13.9. The standard InChI is InChI=1S/C16H30N2O2S/c1-16(2,3)20-15(19)18-13-6-7-14(18)11-12(10-13)17-8-5-9-21-4/h12-14,17H,5-11H2,1-4H3. The summed E-state index contributed by atoms with van der Waals surface area (Å²) in [5.41, 5.74) is -0.399. The molecule has 1 amide bonds. The zero-order chi connectivity index (χ0) is 15.5. The molecule has 0 saturated carbocycles. The van der Waals surface area contributed by atoms with Crippen molar-refractivity contribution in [3.8, 4) is 0 Å². The lowest BCUT2D eigenvalue weighted by Crippen LogP contribution is -2.52. The fourth-order valence-corrected chi connectivity index (χ4v) is 3.91. The van der Waals surface area contributed by atoms with E-state index in [1.165, 1.54) is 12.2 Å². The maximum atomic E-state index is 12.4. The summed E-state index contributed by atoms with van der Waals surface area (Å²) >= 11 is 1.90. The van der Waals surface area contributed by atoms with Gasteiger partial charge in [-0.25, -0.2) is 4.79 Å². The third kappa shape index (κ3) is 4.78. The minimum atomic E-state index is -0.399. The van der Waals surface area contributed by atoms with Crippen LogP contribution < -0.4 is 5.32 Å². The highest BCUT2D eigenvalue weighted by Crippen LogP contribution is 2.36. The molecule has 4 nitrogen and oxygen atoms in total. The van der Waals surface area contributed by atoms with Gasteiger partial charge in [-0.1, -0.05) is 0 Å². The van der Waals surface area contributed by atoms with Crippen molar-refractivity contribution < 1.29 is 9.53 Å². The fraction of sp³-hybridized carbons (Fsp3) is 0.938. The Bertz CT molecular complexity index is 343. The van der Waals surface area contributed by atoms with Gasteiger partial charge in [0, 0.05) is 18.1 Å². The van der Waals surface area contributed by atoms with Gasteiger partial charge < -0.3 is 15.0 Å². The van der Waals surface area contributed by atoms with E-state index in [-0.39, 0.29) is 6.09 Å². The number of amides is 1. The smallest absolute Gasteiger partial charge is 0.410 e. The molecule has 2 bridgehead atoms. The summed E-state index contributed by atoms with van der Waals surface area (Å²) in [5, 5.41) is 3.67.